The van der Waals surface area contributed by atoms with Gasteiger partial charge in [0.15, 0.2) is 23.9 Å². The maximum Gasteiger partial charge on any atom is 0.387 e. The molecule has 0 amide bonds. The van der Waals surface area contributed by atoms with Crippen LogP contribution in [0.15, 0.2) is 79.1 Å². The SMILES string of the molecule is COc1cc([C@H](Cc2c(Cl)c[n+]([O-])cc2Cl)OC(=O)c2cccc(CNC(C(=O)O[C@H]3CN4CCC3CC4)c3ccccc3F)c2)ccc1OC(F)F. The smallest absolute Gasteiger partial charge is 0.387 e. The Morgan fingerprint density at radius 2 is 1.74 bits per heavy atom. The summed E-state index contributed by atoms with van der Waals surface area (Å²) in [5.41, 5.74) is 1.48. The minimum absolute atomic E-state index is 0.0164. The van der Waals surface area contributed by atoms with Crippen molar-refractivity contribution in [2.75, 3.05) is 26.7 Å². The maximum atomic E-state index is 15.0. The van der Waals surface area contributed by atoms with E-state index in [2.05, 4.69) is 15.0 Å². The Morgan fingerprint density at radius 3 is 2.40 bits per heavy atom. The van der Waals surface area contributed by atoms with Crippen LogP contribution in [0.4, 0.5) is 13.2 Å². The lowest BCUT2D eigenvalue weighted by molar-refractivity contribution is -0.605. The zero-order valence-electron chi connectivity index (χ0n) is 28.5. The predicted octanol–water partition coefficient (Wildman–Crippen LogP) is 6.99. The molecule has 0 radical (unpaired) electrons. The van der Waals surface area contributed by atoms with Gasteiger partial charge in [-0.1, -0.05) is 59.6 Å². The minimum Gasteiger partial charge on any atom is -0.619 e. The second-order valence-electron chi connectivity index (χ2n) is 12.8. The molecule has 0 spiro atoms. The number of methoxy groups -OCH3 is 1. The zero-order chi connectivity index (χ0) is 37.6. The topological polar surface area (TPSA) is 113 Å². The predicted molar refractivity (Wildman–Crippen MR) is 188 cm³/mol. The molecular formula is C38H36Cl2F3N3O7. The van der Waals surface area contributed by atoms with Crippen molar-refractivity contribution in [3.05, 3.63) is 128 Å². The summed E-state index contributed by atoms with van der Waals surface area (Å²) in [5.74, 6) is -1.93. The van der Waals surface area contributed by atoms with Gasteiger partial charge in [0, 0.05) is 30.6 Å². The summed E-state index contributed by atoms with van der Waals surface area (Å²) in [7, 11) is 1.27. The third-order valence-corrected chi connectivity index (χ3v) is 10.1. The Morgan fingerprint density at radius 1 is 1.00 bits per heavy atom. The number of rotatable bonds is 14. The third kappa shape index (κ3) is 9.33. The number of carbonyl (C=O) groups excluding carboxylic acids is 2. The van der Waals surface area contributed by atoms with Crippen LogP contribution < -0.4 is 19.5 Å². The maximum absolute atomic E-state index is 15.0. The van der Waals surface area contributed by atoms with E-state index in [4.69, 9.17) is 37.4 Å². The molecule has 7 rings (SSSR count). The van der Waals surface area contributed by atoms with Crippen molar-refractivity contribution < 1.29 is 46.4 Å². The molecule has 0 saturated carbocycles. The van der Waals surface area contributed by atoms with Crippen LogP contribution in [0.1, 0.15) is 57.6 Å². The zero-order valence-corrected chi connectivity index (χ0v) is 30.0. The number of hydrogen-bond donors (Lipinski definition) is 1. The summed E-state index contributed by atoms with van der Waals surface area (Å²) >= 11 is 12.7. The molecule has 3 aromatic carbocycles. The van der Waals surface area contributed by atoms with Gasteiger partial charge in [-0.15, -0.1) is 0 Å². The first-order valence-electron chi connectivity index (χ1n) is 16.9. The lowest BCUT2D eigenvalue weighted by Gasteiger charge is -2.44. The number of alkyl halides is 2. The molecule has 4 heterocycles. The molecule has 1 N–H and O–H groups in total. The van der Waals surface area contributed by atoms with Gasteiger partial charge >= 0.3 is 18.6 Å². The number of hydrogen-bond acceptors (Lipinski definition) is 9. The van der Waals surface area contributed by atoms with Crippen molar-refractivity contribution >= 4 is 35.1 Å². The van der Waals surface area contributed by atoms with Crippen LogP contribution in [0.2, 0.25) is 10.0 Å². The van der Waals surface area contributed by atoms with Gasteiger partial charge in [0.2, 0.25) is 0 Å². The van der Waals surface area contributed by atoms with Crippen LogP contribution in [0.25, 0.3) is 0 Å². The van der Waals surface area contributed by atoms with Crippen molar-refractivity contribution in [3.63, 3.8) is 0 Å². The Labute approximate surface area is 313 Å². The Hall–Kier alpha value is -4.56. The summed E-state index contributed by atoms with van der Waals surface area (Å²) < 4.78 is 63.2. The van der Waals surface area contributed by atoms with Crippen LogP contribution in [-0.4, -0.2) is 56.3 Å². The van der Waals surface area contributed by atoms with E-state index in [0.717, 1.165) is 38.3 Å². The molecule has 3 atom stereocenters. The highest BCUT2D eigenvalue weighted by molar-refractivity contribution is 6.35. The number of aromatic nitrogens is 1. The average molecular weight is 775 g/mol. The quantitative estimate of drug-likeness (QED) is 0.0824. The van der Waals surface area contributed by atoms with Crippen molar-refractivity contribution in [2.24, 2.45) is 5.92 Å². The molecule has 3 saturated heterocycles. The van der Waals surface area contributed by atoms with E-state index >= 15 is 4.39 Å². The molecule has 280 valence electrons. The molecule has 2 bridgehead atoms. The Kier molecular flexibility index (Phi) is 12.3. The molecule has 53 heavy (non-hydrogen) atoms. The third-order valence-electron chi connectivity index (χ3n) is 9.46. The van der Waals surface area contributed by atoms with Gasteiger partial charge in [0.05, 0.1) is 12.7 Å². The lowest BCUT2D eigenvalue weighted by atomic mass is 9.86. The van der Waals surface area contributed by atoms with Gasteiger partial charge in [-0.05, 0) is 73.3 Å². The molecule has 3 aliphatic rings. The first-order chi connectivity index (χ1) is 25.5. The van der Waals surface area contributed by atoms with Gasteiger partial charge in [-0.2, -0.15) is 13.5 Å². The van der Waals surface area contributed by atoms with Crippen molar-refractivity contribution in [1.29, 1.82) is 0 Å². The van der Waals surface area contributed by atoms with Gasteiger partial charge in [0.1, 0.15) is 34.1 Å². The number of piperidine rings is 3. The molecule has 10 nitrogen and oxygen atoms in total. The summed E-state index contributed by atoms with van der Waals surface area (Å²) in [6.07, 6.45) is 2.60. The largest absolute Gasteiger partial charge is 0.619 e. The molecule has 3 fully saturated rings. The van der Waals surface area contributed by atoms with E-state index in [1.165, 1.54) is 43.5 Å². The molecule has 1 unspecified atom stereocenters. The summed E-state index contributed by atoms with van der Waals surface area (Å²) in [6, 6.07) is 15.4. The number of fused-ring (bicyclic) bond motifs is 3. The molecule has 4 aromatic rings. The standard InChI is InChI=1S/C38H36Cl2F3N3O7/c1-50-33-16-24(9-10-31(33)53-38(42)43)32(17-27-28(39)19-46(49)20-29(27)40)51-36(47)25-6-4-5-22(15-25)18-44-35(26-7-2-3-8-30(26)41)37(48)52-34-21-45-13-11-23(34)12-14-45/h2-10,15-16,19-20,23,32,34-35,38,44H,11-14,17-18,21H2,1H3/t32-,34-,35?/m0/s1. The van der Waals surface area contributed by atoms with E-state index in [0.29, 0.717) is 28.0 Å². The fourth-order valence-corrected chi connectivity index (χ4v) is 7.33. The molecular weight excluding hydrogens is 738 g/mol. The Balaban J connectivity index is 1.22. The number of ether oxygens (including phenoxy) is 4. The van der Waals surface area contributed by atoms with Gasteiger partial charge in [0.25, 0.3) is 0 Å². The van der Waals surface area contributed by atoms with Gasteiger partial charge < -0.3 is 24.2 Å². The fraction of sp³-hybridized carbons (Fsp3) is 0.342. The number of benzene rings is 3. The minimum atomic E-state index is -3.11. The number of halogens is 5. The van der Waals surface area contributed by atoms with Gasteiger partial charge in [-0.25, -0.2) is 14.0 Å². The number of esters is 2. The fourth-order valence-electron chi connectivity index (χ4n) is 6.73. The average Bonchev–Trinajstić information content (AvgIpc) is 3.14. The van der Waals surface area contributed by atoms with E-state index in [1.54, 1.807) is 30.3 Å². The number of pyridine rings is 1. The van der Waals surface area contributed by atoms with E-state index in [1.807, 2.05) is 0 Å². The second-order valence-corrected chi connectivity index (χ2v) is 13.6. The monoisotopic (exact) mass is 773 g/mol. The van der Waals surface area contributed by atoms with Crippen molar-refractivity contribution in [2.45, 2.75) is 50.7 Å². The van der Waals surface area contributed by atoms with Crippen LogP contribution in [0.5, 0.6) is 11.5 Å². The summed E-state index contributed by atoms with van der Waals surface area (Å²) in [6.45, 7) is -0.457. The van der Waals surface area contributed by atoms with Crippen molar-refractivity contribution in [1.82, 2.24) is 10.2 Å². The molecule has 1 aromatic heterocycles. The van der Waals surface area contributed by atoms with E-state index < -0.39 is 36.5 Å². The highest BCUT2D eigenvalue weighted by Crippen LogP contribution is 2.36. The second kappa shape index (κ2) is 17.1. The number of nitrogens with zero attached hydrogens (tertiary/aromatic N) is 2. The van der Waals surface area contributed by atoms with E-state index in [9.17, 15) is 23.6 Å². The lowest BCUT2D eigenvalue weighted by Crippen LogP contribution is -2.52. The van der Waals surface area contributed by atoms with Crippen LogP contribution in [0.3, 0.4) is 0 Å². The van der Waals surface area contributed by atoms with Crippen LogP contribution in [0, 0.1) is 16.9 Å². The normalized spacial score (nSPS) is 19.0. The van der Waals surface area contributed by atoms with Crippen molar-refractivity contribution in [3.8, 4) is 11.5 Å². The highest BCUT2D eigenvalue weighted by Gasteiger charge is 2.38. The van der Waals surface area contributed by atoms with E-state index in [-0.39, 0.29) is 57.7 Å². The van der Waals surface area contributed by atoms with Gasteiger partial charge in [-0.3, -0.25) is 10.2 Å². The molecule has 3 aliphatic heterocycles. The van der Waals surface area contributed by atoms with Crippen LogP contribution >= 0.6 is 23.2 Å². The number of nitrogens with one attached hydrogen (secondary N) is 1. The number of carbonyl (C=O) groups is 2. The van der Waals surface area contributed by atoms with Crippen LogP contribution in [-0.2, 0) is 27.2 Å². The summed E-state index contributed by atoms with van der Waals surface area (Å²) in [4.78, 5) is 29.6. The molecule has 15 heteroatoms. The summed E-state index contributed by atoms with van der Waals surface area (Å²) in [5, 5.41) is 15.0. The first kappa shape index (κ1) is 38.2. The first-order valence-corrected chi connectivity index (χ1v) is 17.6. The molecule has 0 aliphatic carbocycles. The Bertz CT molecular complexity index is 1920. The highest BCUT2D eigenvalue weighted by atomic mass is 35.5.